The zero-order chi connectivity index (χ0) is 11.3. The highest BCUT2D eigenvalue weighted by Gasteiger charge is 2.32. The quantitative estimate of drug-likeness (QED) is 0.538. The van der Waals surface area contributed by atoms with Gasteiger partial charge in [-0.05, 0) is 18.9 Å². The lowest BCUT2D eigenvalue weighted by molar-refractivity contribution is -0.0324. The molecule has 2 heteroatoms. The van der Waals surface area contributed by atoms with E-state index < -0.39 is 0 Å². The van der Waals surface area contributed by atoms with Crippen molar-refractivity contribution in [2.75, 3.05) is 13.2 Å². The zero-order valence-corrected chi connectivity index (χ0v) is 10.0. The number of hydrogen-bond acceptors (Lipinski definition) is 2. The number of hydrogen-bond donors (Lipinski definition) is 0. The fraction of sp³-hybridized carbons (Fsp3) is 0.786. The summed E-state index contributed by atoms with van der Waals surface area (Å²) in [5.74, 6) is 0. The molecule has 1 unspecified atom stereocenters. The second-order valence-corrected chi connectivity index (χ2v) is 4.95. The number of ether oxygens (including phenoxy) is 2. The SMILES string of the molecule is C=C=CC1(OCC2CO2)CCCCCCC1. The molecule has 0 aromatic rings. The smallest absolute Gasteiger partial charge is 0.104 e. The lowest BCUT2D eigenvalue weighted by Crippen LogP contribution is -2.32. The molecule has 16 heavy (non-hydrogen) atoms. The van der Waals surface area contributed by atoms with Crippen LogP contribution in [-0.2, 0) is 9.47 Å². The van der Waals surface area contributed by atoms with Gasteiger partial charge < -0.3 is 9.47 Å². The van der Waals surface area contributed by atoms with Gasteiger partial charge in [0.25, 0.3) is 0 Å². The minimum absolute atomic E-state index is 0.103. The van der Waals surface area contributed by atoms with E-state index in [9.17, 15) is 0 Å². The molecule has 1 aliphatic carbocycles. The third-order valence-corrected chi connectivity index (χ3v) is 3.52. The summed E-state index contributed by atoms with van der Waals surface area (Å²) in [7, 11) is 0. The van der Waals surface area contributed by atoms with Crippen molar-refractivity contribution in [3.05, 3.63) is 18.4 Å². The minimum atomic E-state index is -0.103. The van der Waals surface area contributed by atoms with Crippen LogP contribution in [0.4, 0.5) is 0 Å². The summed E-state index contributed by atoms with van der Waals surface area (Å²) in [5.41, 5.74) is 2.83. The molecule has 0 bridgehead atoms. The first-order valence-electron chi connectivity index (χ1n) is 6.47. The van der Waals surface area contributed by atoms with Gasteiger partial charge in [-0.2, -0.15) is 0 Å². The molecule has 0 aromatic heterocycles. The first-order chi connectivity index (χ1) is 7.85. The lowest BCUT2D eigenvalue weighted by atomic mass is 9.86. The summed E-state index contributed by atoms with van der Waals surface area (Å²) in [6.45, 7) is 5.31. The van der Waals surface area contributed by atoms with E-state index in [0.29, 0.717) is 6.10 Å². The fourth-order valence-electron chi connectivity index (χ4n) is 2.44. The molecule has 0 N–H and O–H groups in total. The van der Waals surface area contributed by atoms with Gasteiger partial charge in [0.15, 0.2) is 0 Å². The molecular formula is C14H22O2. The Kier molecular flexibility index (Phi) is 4.22. The summed E-state index contributed by atoms with van der Waals surface area (Å²) in [6.07, 6.45) is 11.2. The van der Waals surface area contributed by atoms with Crippen LogP contribution >= 0.6 is 0 Å². The van der Waals surface area contributed by atoms with E-state index in [1.165, 1.54) is 32.1 Å². The summed E-state index contributed by atoms with van der Waals surface area (Å²) in [6, 6.07) is 0. The van der Waals surface area contributed by atoms with Crippen LogP contribution in [0.2, 0.25) is 0 Å². The summed E-state index contributed by atoms with van der Waals surface area (Å²) in [4.78, 5) is 0. The van der Waals surface area contributed by atoms with E-state index in [-0.39, 0.29) is 5.60 Å². The Morgan fingerprint density at radius 2 is 1.88 bits per heavy atom. The molecule has 1 saturated carbocycles. The van der Waals surface area contributed by atoms with E-state index in [1.54, 1.807) is 0 Å². The highest BCUT2D eigenvalue weighted by Crippen LogP contribution is 2.31. The summed E-state index contributed by atoms with van der Waals surface area (Å²) < 4.78 is 11.3. The van der Waals surface area contributed by atoms with Gasteiger partial charge in [-0.25, -0.2) is 0 Å². The lowest BCUT2D eigenvalue weighted by Gasteiger charge is -2.32. The van der Waals surface area contributed by atoms with Gasteiger partial charge in [-0.15, -0.1) is 5.73 Å². The monoisotopic (exact) mass is 222 g/mol. The first-order valence-corrected chi connectivity index (χ1v) is 6.47. The topological polar surface area (TPSA) is 21.8 Å². The van der Waals surface area contributed by atoms with Gasteiger partial charge in [0.2, 0.25) is 0 Å². The van der Waals surface area contributed by atoms with Gasteiger partial charge >= 0.3 is 0 Å². The Hall–Kier alpha value is -0.560. The summed E-state index contributed by atoms with van der Waals surface area (Å²) in [5, 5.41) is 0. The highest BCUT2D eigenvalue weighted by atomic mass is 16.6. The van der Waals surface area contributed by atoms with Crippen LogP contribution in [0.3, 0.4) is 0 Å². The Bertz CT molecular complexity index is 254. The second-order valence-electron chi connectivity index (χ2n) is 4.95. The maximum atomic E-state index is 6.09. The molecule has 0 amide bonds. The van der Waals surface area contributed by atoms with Crippen molar-refractivity contribution < 1.29 is 9.47 Å². The van der Waals surface area contributed by atoms with Crippen molar-refractivity contribution in [2.45, 2.75) is 56.7 Å². The molecule has 0 spiro atoms. The minimum Gasteiger partial charge on any atom is -0.371 e. The number of rotatable bonds is 4. The molecule has 2 aliphatic rings. The second kappa shape index (κ2) is 5.67. The molecule has 1 heterocycles. The van der Waals surface area contributed by atoms with Crippen LogP contribution in [0.25, 0.3) is 0 Å². The van der Waals surface area contributed by atoms with Gasteiger partial charge in [0, 0.05) is 0 Å². The molecule has 0 radical (unpaired) electrons. The van der Waals surface area contributed by atoms with Gasteiger partial charge in [0.1, 0.15) is 6.10 Å². The largest absolute Gasteiger partial charge is 0.371 e. The van der Waals surface area contributed by atoms with E-state index in [0.717, 1.165) is 26.1 Å². The Morgan fingerprint density at radius 1 is 1.25 bits per heavy atom. The Labute approximate surface area is 98.3 Å². The predicted octanol–water partition coefficient (Wildman–Crippen LogP) is 3.23. The normalized spacial score (nSPS) is 28.6. The molecule has 0 aromatic carbocycles. The predicted molar refractivity (Wildman–Crippen MR) is 64.5 cm³/mol. The van der Waals surface area contributed by atoms with E-state index in [1.807, 2.05) is 6.08 Å². The Balaban J connectivity index is 1.94. The van der Waals surface area contributed by atoms with Gasteiger partial charge in [0.05, 0.1) is 18.8 Å². The molecule has 2 nitrogen and oxygen atoms in total. The van der Waals surface area contributed by atoms with Crippen molar-refractivity contribution in [1.82, 2.24) is 0 Å². The standard InChI is InChI=1S/C14H22O2/c1-2-8-14(16-12-13-11-15-13)9-6-4-3-5-7-10-14/h8,13H,1,3-7,9-12H2. The number of epoxide rings is 1. The maximum Gasteiger partial charge on any atom is 0.104 e. The molecule has 1 aliphatic heterocycles. The van der Waals surface area contributed by atoms with Crippen molar-refractivity contribution in [1.29, 1.82) is 0 Å². The van der Waals surface area contributed by atoms with E-state index in [2.05, 4.69) is 12.3 Å². The molecule has 1 saturated heterocycles. The summed E-state index contributed by atoms with van der Waals surface area (Å²) >= 11 is 0. The average molecular weight is 222 g/mol. The third-order valence-electron chi connectivity index (χ3n) is 3.52. The fourth-order valence-corrected chi connectivity index (χ4v) is 2.44. The van der Waals surface area contributed by atoms with Crippen molar-refractivity contribution in [3.8, 4) is 0 Å². The zero-order valence-electron chi connectivity index (χ0n) is 10.0. The highest BCUT2D eigenvalue weighted by molar-refractivity contribution is 5.01. The molecule has 90 valence electrons. The molecule has 1 atom stereocenters. The van der Waals surface area contributed by atoms with Gasteiger partial charge in [-0.1, -0.05) is 38.7 Å². The first kappa shape index (κ1) is 11.9. The van der Waals surface area contributed by atoms with E-state index >= 15 is 0 Å². The van der Waals surface area contributed by atoms with Crippen LogP contribution in [0.5, 0.6) is 0 Å². The third kappa shape index (κ3) is 3.48. The molecule has 2 fully saturated rings. The van der Waals surface area contributed by atoms with E-state index in [4.69, 9.17) is 9.47 Å². The van der Waals surface area contributed by atoms with Crippen molar-refractivity contribution >= 4 is 0 Å². The van der Waals surface area contributed by atoms with Crippen LogP contribution < -0.4 is 0 Å². The maximum absolute atomic E-state index is 6.09. The van der Waals surface area contributed by atoms with Crippen LogP contribution in [0.1, 0.15) is 44.9 Å². The van der Waals surface area contributed by atoms with Crippen molar-refractivity contribution in [2.24, 2.45) is 0 Å². The van der Waals surface area contributed by atoms with Crippen LogP contribution in [-0.4, -0.2) is 24.9 Å². The average Bonchev–Trinajstić information content (AvgIpc) is 3.04. The van der Waals surface area contributed by atoms with Crippen molar-refractivity contribution in [3.63, 3.8) is 0 Å². The van der Waals surface area contributed by atoms with Gasteiger partial charge in [-0.3, -0.25) is 0 Å². The molecular weight excluding hydrogens is 200 g/mol. The van der Waals surface area contributed by atoms with Crippen LogP contribution in [0, 0.1) is 0 Å². The molecule has 2 rings (SSSR count). The van der Waals surface area contributed by atoms with Crippen LogP contribution in [0.15, 0.2) is 18.4 Å². The Morgan fingerprint density at radius 3 is 2.44 bits per heavy atom.